The van der Waals surface area contributed by atoms with Gasteiger partial charge >= 0.3 is 5.97 Å². The minimum Gasteiger partial charge on any atom is -0.496 e. The fourth-order valence-corrected chi connectivity index (χ4v) is 3.41. The molecule has 2 aliphatic heterocycles. The molecular formula is C19H22O5. The van der Waals surface area contributed by atoms with Gasteiger partial charge in [0.2, 0.25) is 0 Å². The van der Waals surface area contributed by atoms with Gasteiger partial charge < -0.3 is 14.2 Å². The van der Waals surface area contributed by atoms with E-state index in [1.165, 1.54) is 0 Å². The van der Waals surface area contributed by atoms with Crippen molar-refractivity contribution in [2.24, 2.45) is 0 Å². The van der Waals surface area contributed by atoms with E-state index in [4.69, 9.17) is 14.2 Å². The van der Waals surface area contributed by atoms with E-state index in [2.05, 4.69) is 0 Å². The van der Waals surface area contributed by atoms with Crippen LogP contribution in [-0.2, 0) is 22.6 Å². The zero-order valence-corrected chi connectivity index (χ0v) is 14.5. The maximum absolute atomic E-state index is 12.1. The van der Waals surface area contributed by atoms with Crippen LogP contribution in [0.15, 0.2) is 17.7 Å². The van der Waals surface area contributed by atoms with Crippen molar-refractivity contribution in [2.75, 3.05) is 7.11 Å². The summed E-state index contributed by atoms with van der Waals surface area (Å²) in [4.78, 5) is 24.0. The molecule has 0 spiro atoms. The molecule has 0 saturated carbocycles. The van der Waals surface area contributed by atoms with Crippen molar-refractivity contribution in [2.45, 2.75) is 52.2 Å². The number of methoxy groups -OCH3 is 1. The zero-order valence-electron chi connectivity index (χ0n) is 14.5. The van der Waals surface area contributed by atoms with Crippen LogP contribution in [0.25, 0.3) is 0 Å². The Kier molecular flexibility index (Phi) is 4.11. The molecule has 3 rings (SSSR count). The first-order valence-electron chi connectivity index (χ1n) is 8.09. The standard InChI is InChI=1S/C19H22O5/c1-11(2)7-12(20)9-19(3)6-5-13-16(24-19)8-14-15(17(13)22-4)10-23-18(14)21/h7-8H,5-6,9-10H2,1-4H3/t19-/m1/s1. The normalized spacial score (nSPS) is 21.2. The van der Waals surface area contributed by atoms with E-state index in [0.29, 0.717) is 29.9 Å². The molecule has 5 nitrogen and oxygen atoms in total. The number of fused-ring (bicyclic) bond motifs is 2. The zero-order chi connectivity index (χ0) is 17.5. The summed E-state index contributed by atoms with van der Waals surface area (Å²) in [7, 11) is 1.59. The summed E-state index contributed by atoms with van der Waals surface area (Å²) < 4.78 is 16.8. The molecule has 1 atom stereocenters. The molecule has 5 heteroatoms. The van der Waals surface area contributed by atoms with Gasteiger partial charge in [0, 0.05) is 17.5 Å². The third kappa shape index (κ3) is 2.90. The van der Waals surface area contributed by atoms with Crippen LogP contribution in [-0.4, -0.2) is 24.5 Å². The van der Waals surface area contributed by atoms with Crippen LogP contribution in [0.2, 0.25) is 0 Å². The Bertz CT molecular complexity index is 743. The second-order valence-corrected chi connectivity index (χ2v) is 6.91. The minimum absolute atomic E-state index is 0.0495. The van der Waals surface area contributed by atoms with Crippen molar-refractivity contribution >= 4 is 11.8 Å². The molecule has 1 aromatic rings. The summed E-state index contributed by atoms with van der Waals surface area (Å²) in [6.45, 7) is 5.97. The molecule has 0 N–H and O–H groups in total. The second-order valence-electron chi connectivity index (χ2n) is 6.91. The van der Waals surface area contributed by atoms with Gasteiger partial charge in [-0.05, 0) is 45.8 Å². The molecule has 0 fully saturated rings. The number of ketones is 1. The molecular weight excluding hydrogens is 308 g/mol. The summed E-state index contributed by atoms with van der Waals surface area (Å²) in [6, 6.07) is 1.73. The Labute approximate surface area is 141 Å². The molecule has 24 heavy (non-hydrogen) atoms. The minimum atomic E-state index is -0.586. The van der Waals surface area contributed by atoms with Crippen LogP contribution >= 0.6 is 0 Å². The molecule has 0 unspecified atom stereocenters. The van der Waals surface area contributed by atoms with Crippen molar-refractivity contribution < 1.29 is 23.8 Å². The molecule has 1 aromatic carbocycles. The SMILES string of the molecule is COc1c2c(cc3c1COC3=O)O[C@@](C)(CC(=O)C=C(C)C)CC2. The topological polar surface area (TPSA) is 61.8 Å². The molecule has 0 aliphatic carbocycles. The fourth-order valence-electron chi connectivity index (χ4n) is 3.41. The lowest BCUT2D eigenvalue weighted by Gasteiger charge is -2.36. The number of carbonyl (C=O) groups excluding carboxylic acids is 2. The summed E-state index contributed by atoms with van der Waals surface area (Å²) >= 11 is 0. The smallest absolute Gasteiger partial charge is 0.339 e. The third-order valence-electron chi connectivity index (χ3n) is 4.48. The number of rotatable bonds is 4. The van der Waals surface area contributed by atoms with Gasteiger partial charge in [0.1, 0.15) is 23.7 Å². The molecule has 2 aliphatic rings. The third-order valence-corrected chi connectivity index (χ3v) is 4.48. The van der Waals surface area contributed by atoms with E-state index in [1.54, 1.807) is 19.3 Å². The van der Waals surface area contributed by atoms with E-state index in [-0.39, 0.29) is 18.4 Å². The number of hydrogen-bond donors (Lipinski definition) is 0. The Balaban J connectivity index is 1.93. The van der Waals surface area contributed by atoms with Gasteiger partial charge in [-0.3, -0.25) is 4.79 Å². The van der Waals surface area contributed by atoms with Crippen LogP contribution < -0.4 is 9.47 Å². The van der Waals surface area contributed by atoms with Gasteiger partial charge in [-0.25, -0.2) is 4.79 Å². The van der Waals surface area contributed by atoms with Crippen molar-refractivity contribution in [1.29, 1.82) is 0 Å². The van der Waals surface area contributed by atoms with Crippen LogP contribution in [0.3, 0.4) is 0 Å². The van der Waals surface area contributed by atoms with Crippen LogP contribution in [0.1, 0.15) is 55.1 Å². The molecule has 128 valence electrons. The average molecular weight is 330 g/mol. The Hall–Kier alpha value is -2.30. The van der Waals surface area contributed by atoms with Crippen molar-refractivity contribution in [3.05, 3.63) is 34.4 Å². The summed E-state index contributed by atoms with van der Waals surface area (Å²) in [5, 5.41) is 0. The highest BCUT2D eigenvalue weighted by atomic mass is 16.5. The number of ether oxygens (including phenoxy) is 3. The maximum Gasteiger partial charge on any atom is 0.339 e. The Morgan fingerprint density at radius 2 is 2.12 bits per heavy atom. The van der Waals surface area contributed by atoms with Gasteiger partial charge in [0.25, 0.3) is 0 Å². The number of hydrogen-bond acceptors (Lipinski definition) is 5. The predicted molar refractivity (Wildman–Crippen MR) is 88.5 cm³/mol. The first-order chi connectivity index (χ1) is 11.3. The summed E-state index contributed by atoms with van der Waals surface area (Å²) in [5.41, 5.74) is 2.61. The molecule has 0 radical (unpaired) electrons. The Morgan fingerprint density at radius 1 is 1.38 bits per heavy atom. The second kappa shape index (κ2) is 5.96. The lowest BCUT2D eigenvalue weighted by molar-refractivity contribution is -0.118. The number of benzene rings is 1. The molecule has 0 bridgehead atoms. The first-order valence-corrected chi connectivity index (χ1v) is 8.09. The van der Waals surface area contributed by atoms with Crippen LogP contribution in [0.5, 0.6) is 11.5 Å². The van der Waals surface area contributed by atoms with E-state index in [0.717, 1.165) is 23.1 Å². The maximum atomic E-state index is 12.1. The highest BCUT2D eigenvalue weighted by Gasteiger charge is 2.38. The highest BCUT2D eigenvalue weighted by Crippen LogP contribution is 2.44. The quantitative estimate of drug-likeness (QED) is 0.625. The fraction of sp³-hybridized carbons (Fsp3) is 0.474. The van der Waals surface area contributed by atoms with Crippen molar-refractivity contribution in [3.63, 3.8) is 0 Å². The van der Waals surface area contributed by atoms with Gasteiger partial charge in [-0.1, -0.05) is 5.57 Å². The molecule has 2 heterocycles. The van der Waals surface area contributed by atoms with Crippen molar-refractivity contribution in [3.8, 4) is 11.5 Å². The highest BCUT2D eigenvalue weighted by molar-refractivity contribution is 5.95. The molecule has 0 amide bonds. The molecule has 0 saturated heterocycles. The van der Waals surface area contributed by atoms with E-state index < -0.39 is 5.60 Å². The lowest BCUT2D eigenvalue weighted by Crippen LogP contribution is -2.38. The van der Waals surface area contributed by atoms with Crippen molar-refractivity contribution in [1.82, 2.24) is 0 Å². The van der Waals surface area contributed by atoms with Gasteiger partial charge in [0.05, 0.1) is 12.7 Å². The summed E-state index contributed by atoms with van der Waals surface area (Å²) in [5.74, 6) is 0.977. The van der Waals surface area contributed by atoms with E-state index in [9.17, 15) is 9.59 Å². The summed E-state index contributed by atoms with van der Waals surface area (Å²) in [6.07, 6.45) is 3.40. The van der Waals surface area contributed by atoms with E-state index >= 15 is 0 Å². The van der Waals surface area contributed by atoms with E-state index in [1.807, 2.05) is 20.8 Å². The monoisotopic (exact) mass is 330 g/mol. The van der Waals surface area contributed by atoms with Gasteiger partial charge in [0.15, 0.2) is 5.78 Å². The van der Waals surface area contributed by atoms with Gasteiger partial charge in [-0.15, -0.1) is 0 Å². The number of cyclic esters (lactones) is 1. The Morgan fingerprint density at radius 3 is 2.79 bits per heavy atom. The lowest BCUT2D eigenvalue weighted by atomic mass is 9.86. The predicted octanol–water partition coefficient (Wildman–Crippen LogP) is 3.37. The average Bonchev–Trinajstić information content (AvgIpc) is 2.84. The van der Waals surface area contributed by atoms with Gasteiger partial charge in [-0.2, -0.15) is 0 Å². The molecule has 0 aromatic heterocycles. The van der Waals surface area contributed by atoms with Crippen LogP contribution in [0.4, 0.5) is 0 Å². The first kappa shape index (κ1) is 16.6. The number of carbonyl (C=O) groups is 2. The number of esters is 1. The van der Waals surface area contributed by atoms with Crippen LogP contribution in [0, 0.1) is 0 Å². The largest absolute Gasteiger partial charge is 0.496 e. The number of allylic oxidation sites excluding steroid dienone is 2.